The molecule has 4 nitrogen and oxygen atoms in total. The molecule has 2 aromatic rings. The number of aromatic nitrogens is 1. The summed E-state index contributed by atoms with van der Waals surface area (Å²) in [6.45, 7) is 5.86. The molecule has 1 amide bonds. The molecule has 0 radical (unpaired) electrons. The molecule has 3 rings (SSSR count). The molecule has 0 N–H and O–H groups in total. The second-order valence-electron chi connectivity index (χ2n) is 6.01. The first kappa shape index (κ1) is 16.0. The molecule has 1 fully saturated rings. The van der Waals surface area contributed by atoms with Crippen LogP contribution in [0.2, 0.25) is 5.02 Å². The Hall–Kier alpha value is -1.91. The lowest BCUT2D eigenvalue weighted by atomic mass is 10.1. The van der Waals surface area contributed by atoms with Gasteiger partial charge in [0.05, 0.1) is 12.2 Å². The third-order valence-corrected chi connectivity index (χ3v) is 4.38. The number of pyridine rings is 1. The molecule has 0 aliphatic carbocycles. The molecule has 2 heterocycles. The third-order valence-electron chi connectivity index (χ3n) is 4.14. The molecule has 120 valence electrons. The summed E-state index contributed by atoms with van der Waals surface area (Å²) in [4.78, 5) is 21.1. The van der Waals surface area contributed by atoms with Crippen molar-refractivity contribution in [1.29, 1.82) is 0 Å². The summed E-state index contributed by atoms with van der Waals surface area (Å²) < 4.78 is 0. The molecule has 23 heavy (non-hydrogen) atoms. The van der Waals surface area contributed by atoms with Gasteiger partial charge in [-0.2, -0.15) is 0 Å². The summed E-state index contributed by atoms with van der Waals surface area (Å²) >= 11 is 6.04. The number of hydrogen-bond acceptors (Lipinski definition) is 3. The van der Waals surface area contributed by atoms with Crippen LogP contribution >= 0.6 is 11.6 Å². The Balaban J connectivity index is 1.73. The summed E-state index contributed by atoms with van der Waals surface area (Å²) in [5.74, 6) is 0.0954. The molecule has 1 aliphatic rings. The first-order valence-corrected chi connectivity index (χ1v) is 8.13. The van der Waals surface area contributed by atoms with Crippen LogP contribution in [-0.2, 0) is 11.3 Å². The third kappa shape index (κ3) is 3.71. The number of amides is 1. The van der Waals surface area contributed by atoms with Crippen LogP contribution in [0.5, 0.6) is 0 Å². The predicted octanol–water partition coefficient (Wildman–Crippen LogP) is 3.28. The van der Waals surface area contributed by atoms with Crippen molar-refractivity contribution in [1.82, 2.24) is 9.88 Å². The highest BCUT2D eigenvalue weighted by Gasteiger charge is 2.30. The normalized spacial score (nSPS) is 19.2. The van der Waals surface area contributed by atoms with Gasteiger partial charge in [0.2, 0.25) is 5.91 Å². The van der Waals surface area contributed by atoms with Crippen molar-refractivity contribution in [2.24, 2.45) is 0 Å². The van der Waals surface area contributed by atoms with E-state index in [0.717, 1.165) is 17.1 Å². The van der Waals surface area contributed by atoms with E-state index in [1.807, 2.05) is 54.3 Å². The Morgan fingerprint density at radius 3 is 2.78 bits per heavy atom. The average Bonchev–Trinajstić information content (AvgIpc) is 2.50. The van der Waals surface area contributed by atoms with Crippen molar-refractivity contribution < 1.29 is 4.79 Å². The van der Waals surface area contributed by atoms with Crippen LogP contribution < -0.4 is 4.90 Å². The number of rotatable bonds is 3. The van der Waals surface area contributed by atoms with E-state index in [1.165, 1.54) is 0 Å². The number of carbonyl (C=O) groups excluding carboxylic acids is 1. The zero-order chi connectivity index (χ0) is 16.4. The van der Waals surface area contributed by atoms with Gasteiger partial charge in [0.15, 0.2) is 0 Å². The topological polar surface area (TPSA) is 36.4 Å². The first-order chi connectivity index (χ1) is 11.0. The minimum absolute atomic E-state index is 0.0954. The number of aryl methyl sites for hydroxylation is 1. The van der Waals surface area contributed by atoms with E-state index in [4.69, 9.17) is 11.6 Å². The fourth-order valence-corrected chi connectivity index (χ4v) is 3.08. The van der Waals surface area contributed by atoms with E-state index in [1.54, 1.807) is 0 Å². The Kier molecular flexibility index (Phi) is 4.64. The lowest BCUT2D eigenvalue weighted by Gasteiger charge is -2.39. The van der Waals surface area contributed by atoms with Crippen molar-refractivity contribution >= 4 is 23.2 Å². The van der Waals surface area contributed by atoms with Crippen molar-refractivity contribution in [3.8, 4) is 0 Å². The monoisotopic (exact) mass is 329 g/mol. The average molecular weight is 330 g/mol. The van der Waals surface area contributed by atoms with Gasteiger partial charge in [-0.05, 0) is 44.2 Å². The number of halogens is 1. The van der Waals surface area contributed by atoms with Gasteiger partial charge in [0, 0.05) is 35.5 Å². The van der Waals surface area contributed by atoms with Crippen LogP contribution in [0.15, 0.2) is 42.5 Å². The summed E-state index contributed by atoms with van der Waals surface area (Å²) in [6, 6.07) is 13.7. The molecule has 1 saturated heterocycles. The van der Waals surface area contributed by atoms with Crippen LogP contribution in [0.1, 0.15) is 18.3 Å². The fraction of sp³-hybridized carbons (Fsp3) is 0.333. The highest BCUT2D eigenvalue weighted by molar-refractivity contribution is 6.30. The summed E-state index contributed by atoms with van der Waals surface area (Å²) in [5, 5.41) is 0.648. The van der Waals surface area contributed by atoms with E-state index in [9.17, 15) is 4.79 Å². The molecule has 0 saturated carbocycles. The Morgan fingerprint density at radius 1 is 1.26 bits per heavy atom. The maximum Gasteiger partial charge on any atom is 0.241 e. The lowest BCUT2D eigenvalue weighted by molar-refractivity contribution is -0.122. The summed E-state index contributed by atoms with van der Waals surface area (Å²) in [7, 11) is 0. The largest absolute Gasteiger partial charge is 0.310 e. The highest BCUT2D eigenvalue weighted by Crippen LogP contribution is 2.24. The van der Waals surface area contributed by atoms with Crippen LogP contribution in [-0.4, -0.2) is 34.9 Å². The molecule has 1 aliphatic heterocycles. The van der Waals surface area contributed by atoms with E-state index >= 15 is 0 Å². The van der Waals surface area contributed by atoms with Gasteiger partial charge in [-0.3, -0.25) is 14.7 Å². The van der Waals surface area contributed by atoms with Crippen LogP contribution in [0.25, 0.3) is 0 Å². The number of nitrogens with zero attached hydrogens (tertiary/aromatic N) is 3. The minimum atomic E-state index is 0.0954. The summed E-state index contributed by atoms with van der Waals surface area (Å²) in [6.07, 6.45) is 0. The van der Waals surface area contributed by atoms with Crippen molar-refractivity contribution in [3.63, 3.8) is 0 Å². The fourth-order valence-electron chi connectivity index (χ4n) is 2.90. The zero-order valence-electron chi connectivity index (χ0n) is 13.4. The van der Waals surface area contributed by atoms with Crippen molar-refractivity contribution in [2.45, 2.75) is 26.4 Å². The number of benzene rings is 1. The Morgan fingerprint density at radius 2 is 2.04 bits per heavy atom. The van der Waals surface area contributed by atoms with Crippen LogP contribution in [0.4, 0.5) is 5.69 Å². The van der Waals surface area contributed by atoms with E-state index in [-0.39, 0.29) is 11.9 Å². The number of carbonyl (C=O) groups is 1. The molecule has 0 unspecified atom stereocenters. The number of anilines is 1. The lowest BCUT2D eigenvalue weighted by Crippen LogP contribution is -2.54. The Labute approximate surface area is 141 Å². The Bertz CT molecular complexity index is 719. The SMILES string of the molecule is Cc1cccc(CN2CC(=O)N(c3cccc(Cl)c3)C[C@@H]2C)n1. The molecule has 1 aromatic carbocycles. The summed E-state index contributed by atoms with van der Waals surface area (Å²) in [5.41, 5.74) is 2.86. The predicted molar refractivity (Wildman–Crippen MR) is 92.7 cm³/mol. The first-order valence-electron chi connectivity index (χ1n) is 7.75. The molecule has 0 spiro atoms. The van der Waals surface area contributed by atoms with Gasteiger partial charge >= 0.3 is 0 Å². The smallest absolute Gasteiger partial charge is 0.241 e. The van der Waals surface area contributed by atoms with Gasteiger partial charge in [-0.1, -0.05) is 23.7 Å². The minimum Gasteiger partial charge on any atom is -0.310 e. The van der Waals surface area contributed by atoms with Crippen molar-refractivity contribution in [2.75, 3.05) is 18.0 Å². The van der Waals surface area contributed by atoms with Crippen molar-refractivity contribution in [3.05, 3.63) is 58.9 Å². The van der Waals surface area contributed by atoms with Gasteiger partial charge in [-0.15, -0.1) is 0 Å². The standard InChI is InChI=1S/C18H20ClN3O/c1-13-5-3-7-16(20-13)11-21-12-18(23)22(10-14(21)2)17-8-4-6-15(19)9-17/h3-9,14H,10-12H2,1-2H3/t14-/m0/s1. The van der Waals surface area contributed by atoms with Gasteiger partial charge in [0.1, 0.15) is 0 Å². The molecule has 1 aromatic heterocycles. The highest BCUT2D eigenvalue weighted by atomic mass is 35.5. The number of piperazine rings is 1. The van der Waals surface area contributed by atoms with Gasteiger partial charge in [0.25, 0.3) is 0 Å². The zero-order valence-corrected chi connectivity index (χ0v) is 14.1. The molecule has 1 atom stereocenters. The molecule has 5 heteroatoms. The van der Waals surface area contributed by atoms with E-state index in [2.05, 4.69) is 16.8 Å². The van der Waals surface area contributed by atoms with Gasteiger partial charge in [-0.25, -0.2) is 0 Å². The maximum atomic E-state index is 12.5. The van der Waals surface area contributed by atoms with Gasteiger partial charge < -0.3 is 4.90 Å². The molecular weight excluding hydrogens is 310 g/mol. The maximum absolute atomic E-state index is 12.5. The molecule has 0 bridgehead atoms. The second-order valence-corrected chi connectivity index (χ2v) is 6.44. The van der Waals surface area contributed by atoms with Crippen LogP contribution in [0.3, 0.4) is 0 Å². The van der Waals surface area contributed by atoms with E-state index in [0.29, 0.717) is 24.7 Å². The number of hydrogen-bond donors (Lipinski definition) is 0. The van der Waals surface area contributed by atoms with E-state index < -0.39 is 0 Å². The second kappa shape index (κ2) is 6.69. The molecular formula is C18H20ClN3O. The quantitative estimate of drug-likeness (QED) is 0.867. The van der Waals surface area contributed by atoms with Crippen LogP contribution in [0, 0.1) is 6.92 Å².